The van der Waals surface area contributed by atoms with Gasteiger partial charge in [-0.1, -0.05) is 5.16 Å². The molecule has 0 bridgehead atoms. The van der Waals surface area contributed by atoms with Gasteiger partial charge in [0.05, 0.1) is 6.42 Å². The SMILES string of the molecule is O=CNc1nc(C(C=O)=NOCCC(=O)O)ns1. The molecule has 0 aromatic carbocycles. The van der Waals surface area contributed by atoms with Crippen molar-refractivity contribution in [1.82, 2.24) is 9.36 Å². The Morgan fingerprint density at radius 2 is 2.33 bits per heavy atom. The third kappa shape index (κ3) is 4.25. The number of carboxylic acids is 1. The molecule has 0 saturated heterocycles. The molecule has 0 atom stereocenters. The van der Waals surface area contributed by atoms with E-state index in [0.717, 1.165) is 11.5 Å². The van der Waals surface area contributed by atoms with E-state index < -0.39 is 5.97 Å². The van der Waals surface area contributed by atoms with Gasteiger partial charge in [0.1, 0.15) is 6.61 Å². The van der Waals surface area contributed by atoms with Crippen LogP contribution in [0.1, 0.15) is 12.2 Å². The predicted molar refractivity (Wildman–Crippen MR) is 60.4 cm³/mol. The van der Waals surface area contributed by atoms with Gasteiger partial charge in [0, 0.05) is 11.5 Å². The summed E-state index contributed by atoms with van der Waals surface area (Å²) >= 11 is 0.869. The van der Waals surface area contributed by atoms with Gasteiger partial charge in [-0.15, -0.1) is 0 Å². The number of amides is 1. The fourth-order valence-electron chi connectivity index (χ4n) is 0.800. The smallest absolute Gasteiger partial charge is 0.306 e. The quantitative estimate of drug-likeness (QED) is 0.282. The highest BCUT2D eigenvalue weighted by Crippen LogP contribution is 2.10. The maximum atomic E-state index is 10.7. The van der Waals surface area contributed by atoms with E-state index in [1.54, 1.807) is 0 Å². The molecule has 9 nitrogen and oxygen atoms in total. The zero-order valence-corrected chi connectivity index (χ0v) is 9.72. The minimum absolute atomic E-state index is 0.00493. The molecule has 0 spiro atoms. The minimum Gasteiger partial charge on any atom is -0.481 e. The highest BCUT2D eigenvalue weighted by Gasteiger charge is 2.11. The van der Waals surface area contributed by atoms with Crippen molar-refractivity contribution in [3.05, 3.63) is 5.82 Å². The topological polar surface area (TPSA) is 131 Å². The average Bonchev–Trinajstić information content (AvgIpc) is 2.78. The Hall–Kier alpha value is -2.36. The Morgan fingerprint density at radius 3 is 2.94 bits per heavy atom. The lowest BCUT2D eigenvalue weighted by molar-refractivity contribution is -0.138. The van der Waals surface area contributed by atoms with Gasteiger partial charge in [0.25, 0.3) is 0 Å². The Balaban J connectivity index is 2.63. The van der Waals surface area contributed by atoms with Gasteiger partial charge < -0.3 is 15.3 Å². The first-order chi connectivity index (χ1) is 8.67. The molecule has 0 saturated carbocycles. The van der Waals surface area contributed by atoms with Crippen LogP contribution in [0.2, 0.25) is 0 Å². The summed E-state index contributed by atoms with van der Waals surface area (Å²) in [7, 11) is 0. The number of aromatic nitrogens is 2. The second-order valence-corrected chi connectivity index (χ2v) is 3.51. The summed E-state index contributed by atoms with van der Waals surface area (Å²) in [6, 6.07) is 0. The molecule has 18 heavy (non-hydrogen) atoms. The summed E-state index contributed by atoms with van der Waals surface area (Å²) in [5.41, 5.74) is -0.185. The second-order valence-electron chi connectivity index (χ2n) is 2.76. The predicted octanol–water partition coefficient (Wildman–Crippen LogP) is -0.499. The van der Waals surface area contributed by atoms with Crippen molar-refractivity contribution in [3.8, 4) is 0 Å². The van der Waals surface area contributed by atoms with Crippen molar-refractivity contribution in [2.75, 3.05) is 11.9 Å². The highest BCUT2D eigenvalue weighted by molar-refractivity contribution is 7.10. The third-order valence-electron chi connectivity index (χ3n) is 1.52. The van der Waals surface area contributed by atoms with E-state index in [1.165, 1.54) is 0 Å². The molecule has 0 aliphatic heterocycles. The van der Waals surface area contributed by atoms with Gasteiger partial charge in [-0.05, 0) is 0 Å². The van der Waals surface area contributed by atoms with Crippen LogP contribution in [-0.2, 0) is 19.2 Å². The van der Waals surface area contributed by atoms with E-state index in [4.69, 9.17) is 5.11 Å². The van der Waals surface area contributed by atoms with E-state index >= 15 is 0 Å². The number of aldehydes is 1. The largest absolute Gasteiger partial charge is 0.481 e. The van der Waals surface area contributed by atoms with Crippen molar-refractivity contribution in [2.24, 2.45) is 5.16 Å². The highest BCUT2D eigenvalue weighted by atomic mass is 32.1. The van der Waals surface area contributed by atoms with E-state index in [0.29, 0.717) is 12.7 Å². The number of nitrogens with one attached hydrogen (secondary N) is 1. The molecule has 0 fully saturated rings. The fraction of sp³-hybridized carbons (Fsp3) is 0.250. The lowest BCUT2D eigenvalue weighted by Crippen LogP contribution is -2.07. The van der Waals surface area contributed by atoms with Crippen molar-refractivity contribution >= 4 is 41.0 Å². The summed E-state index contributed by atoms with van der Waals surface area (Å²) < 4.78 is 3.77. The molecule has 2 N–H and O–H groups in total. The zero-order valence-electron chi connectivity index (χ0n) is 8.90. The maximum Gasteiger partial charge on any atom is 0.306 e. The van der Waals surface area contributed by atoms with E-state index in [1.807, 2.05) is 0 Å². The van der Waals surface area contributed by atoms with Gasteiger partial charge in [-0.2, -0.15) is 9.36 Å². The summed E-state index contributed by atoms with van der Waals surface area (Å²) in [5.74, 6) is -1.04. The number of nitrogens with zero attached hydrogens (tertiary/aromatic N) is 3. The molecule has 1 heterocycles. The van der Waals surface area contributed by atoms with Crippen LogP contribution in [0.4, 0.5) is 5.13 Å². The van der Waals surface area contributed by atoms with E-state index in [-0.39, 0.29) is 29.7 Å². The number of carbonyl (C=O) groups is 3. The second kappa shape index (κ2) is 7.06. The van der Waals surface area contributed by atoms with Crippen LogP contribution >= 0.6 is 11.5 Å². The normalized spacial score (nSPS) is 10.8. The number of carbonyl (C=O) groups excluding carboxylic acids is 2. The molecule has 0 aliphatic carbocycles. The molecule has 0 radical (unpaired) electrons. The fourth-order valence-corrected chi connectivity index (χ4v) is 1.34. The van der Waals surface area contributed by atoms with Gasteiger partial charge >= 0.3 is 5.97 Å². The molecule has 0 aliphatic rings. The van der Waals surface area contributed by atoms with Crippen molar-refractivity contribution in [1.29, 1.82) is 0 Å². The number of hydrogen-bond acceptors (Lipinski definition) is 8. The molecule has 96 valence electrons. The van der Waals surface area contributed by atoms with Crippen LogP contribution in [0.5, 0.6) is 0 Å². The van der Waals surface area contributed by atoms with Crippen LogP contribution in [0.3, 0.4) is 0 Å². The van der Waals surface area contributed by atoms with Crippen LogP contribution < -0.4 is 5.32 Å². The zero-order chi connectivity index (χ0) is 13.4. The molecular formula is C8H8N4O5S. The van der Waals surface area contributed by atoms with Crippen molar-refractivity contribution < 1.29 is 24.3 Å². The van der Waals surface area contributed by atoms with Crippen LogP contribution in [0, 0.1) is 0 Å². The summed E-state index contributed by atoms with van der Waals surface area (Å²) in [6.45, 7) is -0.170. The average molecular weight is 272 g/mol. The van der Waals surface area contributed by atoms with Gasteiger partial charge in [0.2, 0.25) is 11.5 Å². The number of carboxylic acid groups (broad SMARTS) is 1. The molecular weight excluding hydrogens is 264 g/mol. The van der Waals surface area contributed by atoms with Crippen LogP contribution in [-0.4, -0.2) is 45.4 Å². The van der Waals surface area contributed by atoms with Gasteiger partial charge in [-0.25, -0.2) is 0 Å². The maximum absolute atomic E-state index is 10.7. The first kappa shape index (κ1) is 13.7. The van der Waals surface area contributed by atoms with Gasteiger partial charge in [-0.3, -0.25) is 14.4 Å². The van der Waals surface area contributed by atoms with Crippen LogP contribution in [0.25, 0.3) is 0 Å². The lowest BCUT2D eigenvalue weighted by Gasteiger charge is -1.96. The number of hydrogen-bond donors (Lipinski definition) is 2. The molecule has 10 heteroatoms. The molecule has 1 aromatic heterocycles. The van der Waals surface area contributed by atoms with Crippen LogP contribution in [0.15, 0.2) is 5.16 Å². The first-order valence-electron chi connectivity index (χ1n) is 4.58. The first-order valence-corrected chi connectivity index (χ1v) is 5.36. The Labute approximate surface area is 105 Å². The summed E-state index contributed by atoms with van der Waals surface area (Å²) in [4.78, 5) is 39.5. The van der Waals surface area contributed by atoms with Crippen molar-refractivity contribution in [3.63, 3.8) is 0 Å². The van der Waals surface area contributed by atoms with E-state index in [9.17, 15) is 14.4 Å². The minimum atomic E-state index is -1.04. The standard InChI is InChI=1S/C8H8N4O5S/c13-3-5(11-17-2-1-6(15)16)7-10-8(9-4-14)18-12-7/h3-4H,1-2H2,(H,15,16)(H,9,10,12,14). The lowest BCUT2D eigenvalue weighted by atomic mass is 10.4. The molecule has 1 aromatic rings. The Kier molecular flexibility index (Phi) is 5.38. The van der Waals surface area contributed by atoms with Gasteiger partial charge in [0.15, 0.2) is 17.8 Å². The summed E-state index contributed by atoms with van der Waals surface area (Å²) in [6.07, 6.45) is 0.553. The third-order valence-corrected chi connectivity index (χ3v) is 2.17. The summed E-state index contributed by atoms with van der Waals surface area (Å²) in [5, 5.41) is 14.2. The molecule has 1 amide bonds. The van der Waals surface area contributed by atoms with E-state index in [2.05, 4.69) is 24.7 Å². The Bertz CT molecular complexity index is 472. The van der Waals surface area contributed by atoms with Crippen molar-refractivity contribution in [2.45, 2.75) is 6.42 Å². The molecule has 0 unspecified atom stereocenters. The molecule has 1 rings (SSSR count). The number of oxime groups is 1. The Morgan fingerprint density at radius 1 is 1.56 bits per heavy atom. The number of rotatable bonds is 8. The monoisotopic (exact) mass is 272 g/mol. The number of anilines is 1. The number of aliphatic carboxylic acids is 1.